The van der Waals surface area contributed by atoms with Crippen molar-refractivity contribution in [1.29, 1.82) is 0 Å². The summed E-state index contributed by atoms with van der Waals surface area (Å²) in [5.74, 6) is -0.627. The van der Waals surface area contributed by atoms with Crippen LogP contribution in [0, 0.1) is 0 Å². The van der Waals surface area contributed by atoms with Gasteiger partial charge < -0.3 is 0 Å². The Morgan fingerprint density at radius 1 is 1.15 bits per heavy atom. The van der Waals surface area contributed by atoms with E-state index in [0.29, 0.717) is 10.6 Å². The van der Waals surface area contributed by atoms with Gasteiger partial charge >= 0.3 is 0 Å². The molecule has 10 heteroatoms. The molecule has 2 aromatic rings. The topological polar surface area (TPSA) is 78.8 Å². The van der Waals surface area contributed by atoms with Gasteiger partial charge in [0.15, 0.2) is 0 Å². The van der Waals surface area contributed by atoms with Crippen LogP contribution in [-0.4, -0.2) is 38.4 Å². The van der Waals surface area contributed by atoms with Gasteiger partial charge in [-0.1, -0.05) is 53.0 Å². The average molecular weight is 435 g/mol. The zero-order valence-electron chi connectivity index (χ0n) is 13.5. The Morgan fingerprint density at radius 2 is 1.85 bits per heavy atom. The number of benzene rings is 2. The number of likely N-dealkylation sites (N-methyl/N-ethyl adjacent to an activating group) is 1. The van der Waals surface area contributed by atoms with E-state index < -0.39 is 22.5 Å². The van der Waals surface area contributed by atoms with Crippen molar-refractivity contribution in [1.82, 2.24) is 9.73 Å². The molecule has 6 nitrogen and oxygen atoms in total. The van der Waals surface area contributed by atoms with E-state index in [2.05, 4.69) is 10.5 Å². The molecule has 0 saturated carbocycles. The largest absolute Gasteiger partial charge is 0.272 e. The maximum absolute atomic E-state index is 12.5. The Morgan fingerprint density at radius 3 is 2.54 bits per heavy atom. The fourth-order valence-corrected chi connectivity index (χ4v) is 3.96. The lowest BCUT2D eigenvalue weighted by Gasteiger charge is -2.17. The number of carbonyl (C=O) groups excluding carboxylic acids is 1. The highest BCUT2D eigenvalue weighted by Crippen LogP contribution is 2.27. The van der Waals surface area contributed by atoms with E-state index in [4.69, 9.17) is 34.8 Å². The van der Waals surface area contributed by atoms with Gasteiger partial charge in [0.1, 0.15) is 4.90 Å². The first kappa shape index (κ1) is 20.7. The summed E-state index contributed by atoms with van der Waals surface area (Å²) in [6, 6.07) is 11.0. The molecule has 0 aromatic heterocycles. The minimum absolute atomic E-state index is 0.0124. The summed E-state index contributed by atoms with van der Waals surface area (Å²) in [5, 5.41) is 4.47. The molecule has 138 valence electrons. The first-order chi connectivity index (χ1) is 12.2. The summed E-state index contributed by atoms with van der Waals surface area (Å²) in [5.41, 5.74) is 2.86. The van der Waals surface area contributed by atoms with E-state index >= 15 is 0 Å². The number of halogens is 3. The number of nitrogens with one attached hydrogen (secondary N) is 1. The van der Waals surface area contributed by atoms with Crippen LogP contribution in [-0.2, 0) is 14.8 Å². The third kappa shape index (κ3) is 5.18. The van der Waals surface area contributed by atoms with Crippen molar-refractivity contribution in [2.45, 2.75) is 4.90 Å². The zero-order valence-corrected chi connectivity index (χ0v) is 16.6. The van der Waals surface area contributed by atoms with Gasteiger partial charge in [-0.3, -0.25) is 4.79 Å². The van der Waals surface area contributed by atoms with Crippen LogP contribution in [0.4, 0.5) is 0 Å². The SMILES string of the molecule is CN(CC(=O)N/N=C\c1ccccc1Cl)S(=O)(=O)c1cc(Cl)ccc1Cl. The van der Waals surface area contributed by atoms with Crippen molar-refractivity contribution in [3.63, 3.8) is 0 Å². The Hall–Kier alpha value is -1.64. The van der Waals surface area contributed by atoms with Gasteiger partial charge in [0.25, 0.3) is 5.91 Å². The molecule has 0 radical (unpaired) electrons. The molecule has 0 unspecified atom stereocenters. The van der Waals surface area contributed by atoms with Crippen LogP contribution in [0.5, 0.6) is 0 Å². The molecular weight excluding hydrogens is 421 g/mol. The molecule has 0 fully saturated rings. The van der Waals surface area contributed by atoms with Gasteiger partial charge in [0, 0.05) is 22.7 Å². The van der Waals surface area contributed by atoms with Gasteiger partial charge in [-0.15, -0.1) is 0 Å². The highest BCUT2D eigenvalue weighted by molar-refractivity contribution is 7.89. The molecule has 0 aliphatic heterocycles. The Labute approximate surface area is 166 Å². The standard InChI is InChI=1S/C16H14Cl3N3O3S/c1-22(26(24,25)15-8-12(17)6-7-14(15)19)10-16(23)21-20-9-11-4-2-3-5-13(11)18/h2-9H,10H2,1H3,(H,21,23)/b20-9-. The summed E-state index contributed by atoms with van der Waals surface area (Å²) in [6.45, 7) is -0.453. The van der Waals surface area contributed by atoms with E-state index in [1.807, 2.05) is 0 Å². The van der Waals surface area contributed by atoms with Crippen molar-refractivity contribution >= 4 is 56.9 Å². The van der Waals surface area contributed by atoms with Crippen LogP contribution in [0.1, 0.15) is 5.56 Å². The van der Waals surface area contributed by atoms with E-state index in [-0.39, 0.29) is 14.9 Å². The maximum atomic E-state index is 12.5. The van der Waals surface area contributed by atoms with Crippen LogP contribution in [0.2, 0.25) is 15.1 Å². The molecule has 0 spiro atoms. The molecule has 1 N–H and O–H groups in total. The smallest absolute Gasteiger partial charge is 0.255 e. The van der Waals surface area contributed by atoms with Crippen LogP contribution >= 0.6 is 34.8 Å². The number of hydrogen-bond acceptors (Lipinski definition) is 4. The molecular formula is C16H14Cl3N3O3S. The van der Waals surface area contributed by atoms with E-state index in [9.17, 15) is 13.2 Å². The second kappa shape index (κ2) is 8.83. The second-order valence-electron chi connectivity index (χ2n) is 5.15. The molecule has 0 aliphatic carbocycles. The van der Waals surface area contributed by atoms with Crippen molar-refractivity contribution < 1.29 is 13.2 Å². The van der Waals surface area contributed by atoms with Gasteiger partial charge in [0.2, 0.25) is 10.0 Å². The number of sulfonamides is 1. The summed E-state index contributed by atoms with van der Waals surface area (Å²) < 4.78 is 25.9. The minimum atomic E-state index is -3.99. The summed E-state index contributed by atoms with van der Waals surface area (Å²) >= 11 is 17.7. The molecule has 0 saturated heterocycles. The number of amides is 1. The van der Waals surface area contributed by atoms with Crippen molar-refractivity contribution in [3.05, 3.63) is 63.1 Å². The number of hydrogen-bond donors (Lipinski definition) is 1. The molecule has 0 atom stereocenters. The second-order valence-corrected chi connectivity index (χ2v) is 8.41. The van der Waals surface area contributed by atoms with Gasteiger partial charge in [-0.25, -0.2) is 13.8 Å². The third-order valence-corrected chi connectivity index (χ3v) is 6.11. The zero-order chi connectivity index (χ0) is 19.3. The molecule has 0 heterocycles. The summed E-state index contributed by atoms with van der Waals surface area (Å²) in [6.07, 6.45) is 1.36. The lowest BCUT2D eigenvalue weighted by molar-refractivity contribution is -0.121. The van der Waals surface area contributed by atoms with Gasteiger partial charge in [-0.2, -0.15) is 9.41 Å². The number of rotatable bonds is 6. The quantitative estimate of drug-likeness (QED) is 0.559. The minimum Gasteiger partial charge on any atom is -0.272 e. The fourth-order valence-electron chi connectivity index (χ4n) is 1.92. The number of nitrogens with zero attached hydrogens (tertiary/aromatic N) is 2. The van der Waals surface area contributed by atoms with Crippen molar-refractivity contribution in [3.8, 4) is 0 Å². The highest BCUT2D eigenvalue weighted by atomic mass is 35.5. The molecule has 0 aliphatic rings. The summed E-state index contributed by atoms with van der Waals surface area (Å²) in [4.78, 5) is 11.8. The molecule has 2 rings (SSSR count). The lowest BCUT2D eigenvalue weighted by atomic mass is 10.2. The highest BCUT2D eigenvalue weighted by Gasteiger charge is 2.25. The first-order valence-corrected chi connectivity index (χ1v) is 9.77. The van der Waals surface area contributed by atoms with E-state index in [1.54, 1.807) is 24.3 Å². The van der Waals surface area contributed by atoms with E-state index in [1.165, 1.54) is 31.5 Å². The Balaban J connectivity index is 2.04. The van der Waals surface area contributed by atoms with Crippen LogP contribution < -0.4 is 5.43 Å². The maximum Gasteiger partial charge on any atom is 0.255 e. The van der Waals surface area contributed by atoms with Crippen molar-refractivity contribution in [2.24, 2.45) is 5.10 Å². The number of carbonyl (C=O) groups is 1. The summed E-state index contributed by atoms with van der Waals surface area (Å²) in [7, 11) is -2.73. The predicted octanol–water partition coefficient (Wildman–Crippen LogP) is 3.42. The van der Waals surface area contributed by atoms with Crippen LogP contribution in [0.25, 0.3) is 0 Å². The molecule has 2 aromatic carbocycles. The average Bonchev–Trinajstić information content (AvgIpc) is 2.58. The van der Waals surface area contributed by atoms with Crippen LogP contribution in [0.3, 0.4) is 0 Å². The monoisotopic (exact) mass is 433 g/mol. The van der Waals surface area contributed by atoms with E-state index in [0.717, 1.165) is 4.31 Å². The van der Waals surface area contributed by atoms with Crippen molar-refractivity contribution in [2.75, 3.05) is 13.6 Å². The predicted molar refractivity (Wildman–Crippen MR) is 103 cm³/mol. The van der Waals surface area contributed by atoms with Gasteiger partial charge in [-0.05, 0) is 24.3 Å². The Kier molecular flexibility index (Phi) is 7.02. The number of hydrazone groups is 1. The molecule has 1 amide bonds. The molecule has 0 bridgehead atoms. The normalized spacial score (nSPS) is 11.9. The lowest BCUT2D eigenvalue weighted by Crippen LogP contribution is -2.36. The third-order valence-electron chi connectivity index (χ3n) is 3.25. The fraction of sp³-hybridized carbons (Fsp3) is 0.125. The van der Waals surface area contributed by atoms with Crippen LogP contribution in [0.15, 0.2) is 52.5 Å². The van der Waals surface area contributed by atoms with Gasteiger partial charge in [0.05, 0.1) is 17.8 Å². The first-order valence-electron chi connectivity index (χ1n) is 7.19. The Bertz CT molecular complexity index is 949. The molecule has 26 heavy (non-hydrogen) atoms.